The fourth-order valence-electron chi connectivity index (χ4n) is 3.94. The number of amides is 1. The number of rotatable bonds is 4. The van der Waals surface area contributed by atoms with Crippen LogP contribution in [0.25, 0.3) is 5.57 Å². The normalized spacial score (nSPS) is 26.2. The van der Waals surface area contributed by atoms with Gasteiger partial charge in [0.05, 0.1) is 18.8 Å². The molecular weight excluding hydrogens is 342 g/mol. The predicted octanol–water partition coefficient (Wildman–Crippen LogP) is 2.44. The van der Waals surface area contributed by atoms with Crippen LogP contribution in [0, 0.1) is 0 Å². The average Bonchev–Trinajstić information content (AvgIpc) is 2.85. The van der Waals surface area contributed by atoms with Crippen molar-refractivity contribution >= 4 is 23.1 Å². The molecule has 5 nitrogen and oxygen atoms in total. The molecule has 0 saturated heterocycles. The number of nitrogens with one attached hydrogen (secondary N) is 1. The third-order valence-electron chi connectivity index (χ3n) is 5.36. The highest BCUT2D eigenvalue weighted by Gasteiger charge is 2.44. The van der Waals surface area contributed by atoms with Crippen molar-refractivity contribution < 1.29 is 19.4 Å². The molecule has 1 heterocycles. The van der Waals surface area contributed by atoms with Gasteiger partial charge < -0.3 is 19.9 Å². The lowest BCUT2D eigenvalue weighted by Gasteiger charge is -2.41. The lowest BCUT2D eigenvalue weighted by atomic mass is 9.79. The van der Waals surface area contributed by atoms with Crippen LogP contribution in [0.2, 0.25) is 5.02 Å². The Labute approximate surface area is 153 Å². The van der Waals surface area contributed by atoms with E-state index in [0.29, 0.717) is 35.6 Å². The summed E-state index contributed by atoms with van der Waals surface area (Å²) in [5.74, 6) is 0.00374. The van der Waals surface area contributed by atoms with Gasteiger partial charge in [-0.25, -0.2) is 0 Å². The monoisotopic (exact) mass is 364 g/mol. The van der Waals surface area contributed by atoms with E-state index in [1.807, 2.05) is 6.92 Å². The predicted molar refractivity (Wildman–Crippen MR) is 94.4 cm³/mol. The molecule has 0 unspecified atom stereocenters. The number of halogens is 1. The summed E-state index contributed by atoms with van der Waals surface area (Å²) >= 11 is 6.14. The third kappa shape index (κ3) is 3.00. The summed E-state index contributed by atoms with van der Waals surface area (Å²) in [6, 6.07) is 3.44. The van der Waals surface area contributed by atoms with E-state index in [2.05, 4.69) is 5.32 Å². The smallest absolute Gasteiger partial charge is 0.251 e. The van der Waals surface area contributed by atoms with Crippen molar-refractivity contribution in [3.63, 3.8) is 0 Å². The standard InChI is InChI=1S/C19H24ClNO4/c1-4-11-9-12(20)10-14(25-3)15(11)16-17(22)19(21-18(16)23)7-5-13(24-2)6-8-19/h9-10,13,22H,4-8H2,1-3H3,(H,21,23)/p-1. The van der Waals surface area contributed by atoms with E-state index in [1.54, 1.807) is 19.2 Å². The van der Waals surface area contributed by atoms with Gasteiger partial charge in [0, 0.05) is 23.3 Å². The molecule has 1 aliphatic carbocycles. The van der Waals surface area contributed by atoms with Gasteiger partial charge >= 0.3 is 0 Å². The first-order valence-electron chi connectivity index (χ1n) is 8.59. The molecule has 6 heteroatoms. The largest absolute Gasteiger partial charge is 0.873 e. The van der Waals surface area contributed by atoms with Crippen molar-refractivity contribution in [1.29, 1.82) is 0 Å². The van der Waals surface area contributed by atoms with Gasteiger partial charge in [0.25, 0.3) is 5.91 Å². The molecule has 1 aromatic rings. The van der Waals surface area contributed by atoms with E-state index in [4.69, 9.17) is 21.1 Å². The van der Waals surface area contributed by atoms with Gasteiger partial charge in [0.15, 0.2) is 0 Å². The molecule has 0 aromatic heterocycles. The van der Waals surface area contributed by atoms with Crippen LogP contribution in [-0.2, 0) is 16.0 Å². The van der Waals surface area contributed by atoms with Crippen LogP contribution in [0.4, 0.5) is 0 Å². The van der Waals surface area contributed by atoms with Crippen LogP contribution in [0.1, 0.15) is 43.7 Å². The molecule has 2 aliphatic rings. The van der Waals surface area contributed by atoms with Gasteiger partial charge in [-0.05, 0) is 49.8 Å². The summed E-state index contributed by atoms with van der Waals surface area (Å²) in [6.07, 6.45) is 3.50. The molecule has 1 saturated carbocycles. The van der Waals surface area contributed by atoms with Crippen molar-refractivity contribution in [3.8, 4) is 5.75 Å². The van der Waals surface area contributed by atoms with Crippen LogP contribution in [0.5, 0.6) is 5.75 Å². The zero-order valence-corrected chi connectivity index (χ0v) is 15.5. The maximum atomic E-state index is 13.3. The van der Waals surface area contributed by atoms with E-state index in [9.17, 15) is 9.90 Å². The lowest BCUT2D eigenvalue weighted by Crippen LogP contribution is -2.50. The third-order valence-corrected chi connectivity index (χ3v) is 5.58. The Morgan fingerprint density at radius 1 is 1.32 bits per heavy atom. The molecule has 1 aromatic carbocycles. The Kier molecular flexibility index (Phi) is 4.98. The second-order valence-electron chi connectivity index (χ2n) is 6.67. The van der Waals surface area contributed by atoms with Gasteiger partial charge in [-0.1, -0.05) is 24.3 Å². The van der Waals surface area contributed by atoms with E-state index in [-0.39, 0.29) is 23.3 Å². The number of benzene rings is 1. The topological polar surface area (TPSA) is 70.6 Å². The highest BCUT2D eigenvalue weighted by Crippen LogP contribution is 2.44. The molecule has 136 valence electrons. The minimum absolute atomic E-state index is 0.137. The summed E-state index contributed by atoms with van der Waals surface area (Å²) < 4.78 is 10.8. The van der Waals surface area contributed by atoms with Gasteiger partial charge in [0.1, 0.15) is 5.75 Å². The van der Waals surface area contributed by atoms with Gasteiger partial charge in [-0.3, -0.25) is 4.79 Å². The first-order chi connectivity index (χ1) is 12.0. The number of carbonyl (C=O) groups excluding carboxylic acids is 1. The molecule has 0 atom stereocenters. The Balaban J connectivity index is 2.09. The summed E-state index contributed by atoms with van der Waals surface area (Å²) in [6.45, 7) is 1.96. The number of methoxy groups -OCH3 is 2. The average molecular weight is 365 g/mol. The Morgan fingerprint density at radius 2 is 2.00 bits per heavy atom. The second-order valence-corrected chi connectivity index (χ2v) is 7.11. The number of hydrogen-bond acceptors (Lipinski definition) is 4. The molecule has 3 rings (SSSR count). The molecule has 1 fully saturated rings. The molecule has 0 radical (unpaired) electrons. The van der Waals surface area contributed by atoms with Crippen LogP contribution in [0.15, 0.2) is 17.9 Å². The lowest BCUT2D eigenvalue weighted by molar-refractivity contribution is -0.317. The summed E-state index contributed by atoms with van der Waals surface area (Å²) in [5.41, 5.74) is 0.797. The zero-order valence-electron chi connectivity index (χ0n) is 14.8. The van der Waals surface area contributed by atoms with Crippen molar-refractivity contribution in [2.45, 2.75) is 50.7 Å². The number of aryl methyl sites for hydroxylation is 1. The highest BCUT2D eigenvalue weighted by atomic mass is 35.5. The van der Waals surface area contributed by atoms with E-state index >= 15 is 0 Å². The molecule has 1 spiro atoms. The highest BCUT2D eigenvalue weighted by molar-refractivity contribution is 6.31. The van der Waals surface area contributed by atoms with Crippen molar-refractivity contribution in [3.05, 3.63) is 34.0 Å². The minimum atomic E-state index is -0.808. The fraction of sp³-hybridized carbons (Fsp3) is 0.526. The number of hydrogen-bond donors (Lipinski definition) is 1. The Bertz CT molecular complexity index is 695. The van der Waals surface area contributed by atoms with E-state index in [0.717, 1.165) is 18.4 Å². The van der Waals surface area contributed by atoms with Crippen LogP contribution in [0.3, 0.4) is 0 Å². The Morgan fingerprint density at radius 3 is 2.56 bits per heavy atom. The molecule has 0 bridgehead atoms. The van der Waals surface area contributed by atoms with Crippen molar-refractivity contribution in [2.24, 2.45) is 0 Å². The van der Waals surface area contributed by atoms with Crippen LogP contribution in [-0.4, -0.2) is 31.8 Å². The molecule has 1 amide bonds. The summed E-state index contributed by atoms with van der Waals surface area (Å²) in [5, 5.41) is 16.7. The maximum absolute atomic E-state index is 13.3. The molecule has 1 N–H and O–H groups in total. The molecular formula is C19H23ClNO4-. The van der Waals surface area contributed by atoms with Gasteiger partial charge in [0.2, 0.25) is 0 Å². The minimum Gasteiger partial charge on any atom is -0.873 e. The number of carbonyl (C=O) groups is 1. The number of ether oxygens (including phenoxy) is 2. The van der Waals surface area contributed by atoms with Gasteiger partial charge in [-0.2, -0.15) is 0 Å². The molecule has 25 heavy (non-hydrogen) atoms. The van der Waals surface area contributed by atoms with Gasteiger partial charge in [-0.15, -0.1) is 0 Å². The first-order valence-corrected chi connectivity index (χ1v) is 8.97. The van der Waals surface area contributed by atoms with E-state index < -0.39 is 5.54 Å². The van der Waals surface area contributed by atoms with Crippen molar-refractivity contribution in [2.75, 3.05) is 14.2 Å². The Hall–Kier alpha value is -1.72. The van der Waals surface area contributed by atoms with Crippen LogP contribution < -0.4 is 15.2 Å². The van der Waals surface area contributed by atoms with E-state index in [1.165, 1.54) is 7.11 Å². The second kappa shape index (κ2) is 6.89. The first kappa shape index (κ1) is 18.1. The SMILES string of the molecule is CCc1cc(Cl)cc(OC)c1C1=C([O-])C2(CCC(OC)CC2)NC1=O. The molecule has 1 aliphatic heterocycles. The van der Waals surface area contributed by atoms with Crippen molar-refractivity contribution in [1.82, 2.24) is 5.32 Å². The zero-order chi connectivity index (χ0) is 18.2. The summed E-state index contributed by atoms with van der Waals surface area (Å²) in [7, 11) is 3.20. The fourth-order valence-corrected chi connectivity index (χ4v) is 4.17. The quantitative estimate of drug-likeness (QED) is 0.890. The summed E-state index contributed by atoms with van der Waals surface area (Å²) in [4.78, 5) is 12.7. The maximum Gasteiger partial charge on any atom is 0.251 e. The van der Waals surface area contributed by atoms with Crippen LogP contribution >= 0.6 is 11.6 Å².